The number of thiophene rings is 1. The standard InChI is InChI=1S/C19H22N2O3S2/c1-24-15-11-13(25-2)8-9-14(15)18(22)20-21-19(23)17-10-12-6-4-3-5-7-16(12)26-17/h8-11H,3-7H2,1-2H3,(H,20,22)(H,21,23). The minimum Gasteiger partial charge on any atom is -0.496 e. The van der Waals surface area contributed by atoms with Gasteiger partial charge in [0, 0.05) is 9.77 Å². The number of methoxy groups -OCH3 is 1. The first-order valence-corrected chi connectivity index (χ1v) is 10.6. The van der Waals surface area contributed by atoms with Gasteiger partial charge in [0.15, 0.2) is 0 Å². The lowest BCUT2D eigenvalue weighted by Gasteiger charge is -2.11. The van der Waals surface area contributed by atoms with Crippen molar-refractivity contribution >= 4 is 34.9 Å². The van der Waals surface area contributed by atoms with Crippen molar-refractivity contribution in [1.29, 1.82) is 0 Å². The molecule has 0 atom stereocenters. The number of hydrazine groups is 1. The van der Waals surface area contributed by atoms with Crippen LogP contribution in [0.15, 0.2) is 29.2 Å². The molecule has 1 aromatic carbocycles. The number of hydrogen-bond acceptors (Lipinski definition) is 5. The van der Waals surface area contributed by atoms with Crippen LogP contribution in [0.1, 0.15) is 49.7 Å². The van der Waals surface area contributed by atoms with E-state index < -0.39 is 5.91 Å². The van der Waals surface area contributed by atoms with Crippen molar-refractivity contribution in [3.8, 4) is 5.75 Å². The molecule has 0 unspecified atom stereocenters. The Hall–Kier alpha value is -1.99. The van der Waals surface area contributed by atoms with E-state index in [2.05, 4.69) is 10.9 Å². The Morgan fingerprint density at radius 1 is 1.08 bits per heavy atom. The van der Waals surface area contributed by atoms with Gasteiger partial charge in [-0.3, -0.25) is 20.4 Å². The minimum atomic E-state index is -0.402. The van der Waals surface area contributed by atoms with Crippen molar-refractivity contribution < 1.29 is 14.3 Å². The van der Waals surface area contributed by atoms with Crippen molar-refractivity contribution in [3.63, 3.8) is 0 Å². The molecule has 1 aliphatic rings. The molecular weight excluding hydrogens is 368 g/mol. The summed E-state index contributed by atoms with van der Waals surface area (Å²) in [5.41, 5.74) is 6.65. The topological polar surface area (TPSA) is 67.4 Å². The molecule has 0 saturated carbocycles. The molecule has 138 valence electrons. The highest BCUT2D eigenvalue weighted by Gasteiger charge is 2.18. The van der Waals surface area contributed by atoms with E-state index >= 15 is 0 Å². The van der Waals surface area contributed by atoms with Crippen molar-refractivity contribution in [3.05, 3.63) is 45.1 Å². The number of nitrogens with one attached hydrogen (secondary N) is 2. The second-order valence-corrected chi connectivity index (χ2v) is 8.11. The summed E-state index contributed by atoms with van der Waals surface area (Å²) in [5, 5.41) is 0. The predicted octanol–water partition coefficient (Wildman–Crippen LogP) is 3.82. The Morgan fingerprint density at radius 2 is 1.85 bits per heavy atom. The van der Waals surface area contributed by atoms with E-state index in [1.54, 1.807) is 23.9 Å². The van der Waals surface area contributed by atoms with Crippen LogP contribution in [0.2, 0.25) is 0 Å². The third-order valence-corrected chi connectivity index (χ3v) is 6.37. The minimum absolute atomic E-state index is 0.281. The van der Waals surface area contributed by atoms with Crippen LogP contribution in [-0.4, -0.2) is 25.2 Å². The van der Waals surface area contributed by atoms with Gasteiger partial charge in [-0.25, -0.2) is 0 Å². The van der Waals surface area contributed by atoms with Gasteiger partial charge in [-0.2, -0.15) is 0 Å². The molecule has 1 aliphatic carbocycles. The number of carbonyl (C=O) groups is 2. The summed E-state index contributed by atoms with van der Waals surface area (Å²) >= 11 is 3.09. The Kier molecular flexibility index (Phi) is 6.21. The van der Waals surface area contributed by atoms with Gasteiger partial charge in [0.2, 0.25) is 0 Å². The normalized spacial score (nSPS) is 13.5. The van der Waals surface area contributed by atoms with Gasteiger partial charge < -0.3 is 4.74 Å². The number of fused-ring (bicyclic) bond motifs is 1. The molecule has 0 bridgehead atoms. The fraction of sp³-hybridized carbons (Fsp3) is 0.368. The highest BCUT2D eigenvalue weighted by atomic mass is 32.2. The third kappa shape index (κ3) is 4.22. The predicted molar refractivity (Wildman–Crippen MR) is 105 cm³/mol. The molecule has 3 rings (SSSR count). The van der Waals surface area contributed by atoms with Gasteiger partial charge in [0.1, 0.15) is 5.75 Å². The van der Waals surface area contributed by atoms with Crippen LogP contribution in [0.25, 0.3) is 0 Å². The van der Waals surface area contributed by atoms with E-state index in [0.29, 0.717) is 16.2 Å². The largest absolute Gasteiger partial charge is 0.496 e. The highest BCUT2D eigenvalue weighted by molar-refractivity contribution is 7.98. The van der Waals surface area contributed by atoms with E-state index in [1.807, 2.05) is 18.4 Å². The first kappa shape index (κ1) is 18.8. The Morgan fingerprint density at radius 3 is 2.62 bits per heavy atom. The van der Waals surface area contributed by atoms with Crippen LogP contribution in [0.4, 0.5) is 0 Å². The fourth-order valence-corrected chi connectivity index (χ4v) is 4.59. The molecule has 2 aromatic rings. The lowest BCUT2D eigenvalue weighted by molar-refractivity contribution is 0.0847. The van der Waals surface area contributed by atoms with Gasteiger partial charge in [0.05, 0.1) is 17.6 Å². The average molecular weight is 391 g/mol. The second kappa shape index (κ2) is 8.60. The third-order valence-electron chi connectivity index (χ3n) is 4.41. The van der Waals surface area contributed by atoms with Crippen molar-refractivity contribution in [2.75, 3.05) is 13.4 Å². The molecule has 0 aliphatic heterocycles. The van der Waals surface area contributed by atoms with Gasteiger partial charge in [-0.1, -0.05) is 6.42 Å². The highest BCUT2D eigenvalue weighted by Crippen LogP contribution is 2.29. The number of benzene rings is 1. The van der Waals surface area contributed by atoms with Gasteiger partial charge >= 0.3 is 0 Å². The zero-order valence-electron chi connectivity index (χ0n) is 14.9. The number of hydrogen-bond donors (Lipinski definition) is 2. The molecule has 0 fully saturated rings. The number of carbonyl (C=O) groups excluding carboxylic acids is 2. The molecule has 0 saturated heterocycles. The van der Waals surface area contributed by atoms with Crippen LogP contribution in [0.3, 0.4) is 0 Å². The summed E-state index contributed by atoms with van der Waals surface area (Å²) < 4.78 is 5.28. The number of rotatable bonds is 4. The lowest BCUT2D eigenvalue weighted by atomic mass is 10.1. The van der Waals surface area contributed by atoms with Crippen LogP contribution < -0.4 is 15.6 Å². The summed E-state index contributed by atoms with van der Waals surface area (Å²) in [5.74, 6) is -0.205. The van der Waals surface area contributed by atoms with Gasteiger partial charge in [-0.05, 0) is 61.8 Å². The first-order chi connectivity index (χ1) is 12.6. The second-order valence-electron chi connectivity index (χ2n) is 6.09. The molecule has 2 amide bonds. The van der Waals surface area contributed by atoms with E-state index in [0.717, 1.165) is 17.7 Å². The lowest BCUT2D eigenvalue weighted by Crippen LogP contribution is -2.41. The zero-order chi connectivity index (χ0) is 18.5. The summed E-state index contributed by atoms with van der Waals surface area (Å²) in [7, 11) is 1.52. The van der Waals surface area contributed by atoms with Crippen molar-refractivity contribution in [2.45, 2.75) is 37.0 Å². The number of ether oxygens (including phenoxy) is 1. The van der Waals surface area contributed by atoms with Crippen molar-refractivity contribution in [1.82, 2.24) is 10.9 Å². The maximum Gasteiger partial charge on any atom is 0.279 e. The van der Waals surface area contributed by atoms with Crippen LogP contribution >= 0.6 is 23.1 Å². The maximum atomic E-state index is 12.4. The molecule has 5 nitrogen and oxygen atoms in total. The van der Waals surface area contributed by atoms with Crippen LogP contribution in [-0.2, 0) is 12.8 Å². The molecule has 2 N–H and O–H groups in total. The quantitative estimate of drug-likeness (QED) is 0.473. The van der Waals surface area contributed by atoms with E-state index in [-0.39, 0.29) is 5.91 Å². The zero-order valence-corrected chi connectivity index (χ0v) is 16.5. The number of amides is 2. The average Bonchev–Trinajstić information content (AvgIpc) is 2.95. The smallest absolute Gasteiger partial charge is 0.279 e. The van der Waals surface area contributed by atoms with Crippen LogP contribution in [0, 0.1) is 0 Å². The molecule has 1 aromatic heterocycles. The Labute approximate surface area is 161 Å². The summed E-state index contributed by atoms with van der Waals surface area (Å²) in [6, 6.07) is 7.30. The summed E-state index contributed by atoms with van der Waals surface area (Å²) in [4.78, 5) is 27.7. The van der Waals surface area contributed by atoms with Crippen LogP contribution in [0.5, 0.6) is 5.75 Å². The maximum absolute atomic E-state index is 12.4. The molecular formula is C19H22N2O3S2. The Bertz CT molecular complexity index is 794. The molecule has 0 radical (unpaired) electrons. The van der Waals surface area contributed by atoms with E-state index in [9.17, 15) is 9.59 Å². The number of aryl methyl sites for hydroxylation is 2. The Balaban J connectivity index is 1.65. The molecule has 26 heavy (non-hydrogen) atoms. The van der Waals surface area contributed by atoms with Crippen molar-refractivity contribution in [2.24, 2.45) is 0 Å². The summed E-state index contributed by atoms with van der Waals surface area (Å²) in [6.07, 6.45) is 7.63. The number of thioether (sulfide) groups is 1. The fourth-order valence-electron chi connectivity index (χ4n) is 3.01. The first-order valence-electron chi connectivity index (χ1n) is 8.56. The SMILES string of the molecule is COc1cc(SC)ccc1C(=O)NNC(=O)c1cc2c(s1)CCCCC2. The molecule has 0 spiro atoms. The van der Waals surface area contributed by atoms with Gasteiger partial charge in [-0.15, -0.1) is 23.1 Å². The monoisotopic (exact) mass is 390 g/mol. The summed E-state index contributed by atoms with van der Waals surface area (Å²) in [6.45, 7) is 0. The molecule has 1 heterocycles. The molecule has 7 heteroatoms. The van der Waals surface area contributed by atoms with E-state index in [4.69, 9.17) is 4.74 Å². The van der Waals surface area contributed by atoms with E-state index in [1.165, 1.54) is 48.1 Å². The van der Waals surface area contributed by atoms with Gasteiger partial charge in [0.25, 0.3) is 11.8 Å².